The van der Waals surface area contributed by atoms with Gasteiger partial charge in [-0.2, -0.15) is 0 Å². The van der Waals surface area contributed by atoms with Crippen molar-refractivity contribution in [2.75, 3.05) is 104 Å². The Labute approximate surface area is 831 Å². The topological polar surface area (TPSA) is 257 Å². The Morgan fingerprint density at radius 2 is 0.849 bits per heavy atom. The number of halogens is 6. The van der Waals surface area contributed by atoms with Crippen LogP contribution in [0.1, 0.15) is 152 Å². The van der Waals surface area contributed by atoms with E-state index in [1.54, 1.807) is 58.1 Å². The van der Waals surface area contributed by atoms with Gasteiger partial charge in [0, 0.05) is 178 Å². The molecule has 139 heavy (non-hydrogen) atoms. The number of fused-ring (bicyclic) bond motifs is 16. The number of benzene rings is 10. The molecule has 1 saturated heterocycles. The van der Waals surface area contributed by atoms with Gasteiger partial charge in [0.05, 0.1) is 52.6 Å². The number of alkyl halides is 1. The Kier molecular flexibility index (Phi) is 27.4. The molecule has 24 rings (SSSR count). The minimum atomic E-state index is -0.691. The second kappa shape index (κ2) is 40.9. The molecule has 30 heteroatoms. The first-order chi connectivity index (χ1) is 67.9. The molecule has 5 atom stereocenters. The molecule has 0 aliphatic carbocycles. The van der Waals surface area contributed by atoms with Gasteiger partial charge in [0.2, 0.25) is 18.7 Å². The molecular formula is C109H103BrCl4FN15O9. The first kappa shape index (κ1) is 93.2. The lowest BCUT2D eigenvalue weighted by Gasteiger charge is -2.38. The molecule has 5 unspecified atom stereocenters. The third-order valence-electron chi connectivity index (χ3n) is 27.3. The number of urea groups is 1. The van der Waals surface area contributed by atoms with Gasteiger partial charge in [-0.05, 0) is 264 Å². The van der Waals surface area contributed by atoms with Crippen molar-refractivity contribution in [2.24, 2.45) is 0 Å². The number of hydrogen-bond donors (Lipinski definition) is 6. The Morgan fingerprint density at radius 3 is 1.34 bits per heavy atom. The number of hydrogen-bond acceptors (Lipinski definition) is 16. The van der Waals surface area contributed by atoms with E-state index < -0.39 is 12.8 Å². The molecule has 3 amide bonds. The van der Waals surface area contributed by atoms with Gasteiger partial charge in [-0.1, -0.05) is 137 Å². The van der Waals surface area contributed by atoms with Crippen LogP contribution in [0.2, 0.25) is 20.1 Å². The largest absolute Gasteiger partial charge is 0.497 e. The molecular weight excluding hydrogens is 1900 g/mol. The number of carbonyl (C=O) groups is 2. The number of carbonyl (C=O) groups excluding carboxylic acids is 2. The smallest absolute Gasteiger partial charge is 0.410 e. The fraction of sp³-hybridized carbons (Fsp3) is 0.266. The normalized spacial score (nSPS) is 17.2. The third kappa shape index (κ3) is 18.9. The van der Waals surface area contributed by atoms with Crippen LogP contribution in [0.5, 0.6) is 34.5 Å². The first-order valence-electron chi connectivity index (χ1n) is 46.7. The maximum Gasteiger partial charge on any atom is 0.410 e. The van der Waals surface area contributed by atoms with Gasteiger partial charge in [-0.3, -0.25) is 4.90 Å². The van der Waals surface area contributed by atoms with Gasteiger partial charge in [-0.25, -0.2) is 33.9 Å². The van der Waals surface area contributed by atoms with Crippen LogP contribution in [0.15, 0.2) is 242 Å². The van der Waals surface area contributed by atoms with E-state index in [1.807, 2.05) is 137 Å². The maximum atomic E-state index is 13.4. The quantitative estimate of drug-likeness (QED) is 0.0591. The van der Waals surface area contributed by atoms with Crippen molar-refractivity contribution >= 4 is 141 Å². The highest BCUT2D eigenvalue weighted by molar-refractivity contribution is 9.10. The van der Waals surface area contributed by atoms with Gasteiger partial charge in [-0.15, -0.1) is 0 Å². The van der Waals surface area contributed by atoms with Gasteiger partial charge >= 0.3 is 12.1 Å². The molecule has 0 radical (unpaired) electrons. The van der Waals surface area contributed by atoms with E-state index >= 15 is 0 Å². The standard InChI is InChI=1S/C23H24ClFN2O2.C23H24ClN3O2.C22H19BrN4O.C22H17ClN4O2.C19H19ClN2O2/c1-14(2)15-3-5-16(6-4-15)22-21-18(9-11-27(22)23(28)29-12-10-25)19-13-17(24)7-8-20(19)26-21;1-29-17-7-4-15(5-8-17)22-21-18(19-14-16(24)6-9-20(19)25-21)10-13-27(22)23(28)26-11-2-3-12-26;1-28-16-6-3-14(4-7-16)21-20-17(18-13-15(23)5-8-19(18)26-20)9-12-27(21)22-24-10-2-11-25-22;23-14-3-4-17-16(11-14)15-6-9-27(22-24-7-1-8-25-22)21(20(15)26-17)13-2-5-18-19(10-13)29-12-28-18;1-23-16-6-3-11(9-17(16)24-2)18-19-13(7-8-21-18)14-10-12(20)4-5-15(14)22-19/h3-8,13-14,22,26H,9-12H2,1-2H3;4-9,14,22,25H,2-3,10-13H2,1H3;2-8,10-11,13,21,26H,9,12H2,1H3;1-5,7-8,10-11,21,26H,6,9,12H2;3-6,9-10,18,21-22H,7-8H2,1-2H3. The lowest BCUT2D eigenvalue weighted by Crippen LogP contribution is -2.47. The van der Waals surface area contributed by atoms with Crippen molar-refractivity contribution < 1.29 is 47.1 Å². The molecule has 7 aliphatic rings. The van der Waals surface area contributed by atoms with Gasteiger partial charge < -0.3 is 83.0 Å². The molecule has 24 nitrogen and oxygen atoms in total. The van der Waals surface area contributed by atoms with Crippen molar-refractivity contribution in [1.82, 2.24) is 64.9 Å². The summed E-state index contributed by atoms with van der Waals surface area (Å²) in [5.41, 5.74) is 24.2. The van der Waals surface area contributed by atoms with Crippen LogP contribution in [0.3, 0.4) is 0 Å². The Morgan fingerprint density at radius 1 is 0.432 bits per heavy atom. The van der Waals surface area contributed by atoms with Crippen molar-refractivity contribution in [2.45, 2.75) is 94.9 Å². The number of H-pyrrole nitrogens is 5. The van der Waals surface area contributed by atoms with Crippen LogP contribution >= 0.6 is 62.3 Å². The number of nitrogens with one attached hydrogen (secondary N) is 6. The Balaban J connectivity index is 0.000000107. The number of aromatic nitrogens is 9. The van der Waals surface area contributed by atoms with Crippen LogP contribution in [0.25, 0.3) is 54.5 Å². The van der Waals surface area contributed by atoms with Crippen molar-refractivity contribution in [3.8, 4) is 34.5 Å². The average Bonchev–Trinajstić information content (AvgIpc) is 1.62. The zero-order valence-corrected chi connectivity index (χ0v) is 82.1. The molecule has 7 aromatic heterocycles. The van der Waals surface area contributed by atoms with E-state index in [9.17, 15) is 14.0 Å². The lowest BCUT2D eigenvalue weighted by atomic mass is 9.91. The summed E-state index contributed by atoms with van der Waals surface area (Å²) in [5.74, 6) is 6.55. The van der Waals surface area contributed by atoms with E-state index in [2.05, 4.69) is 175 Å². The summed E-state index contributed by atoms with van der Waals surface area (Å²) in [6.45, 7) is 9.09. The number of aromatic amines is 5. The van der Waals surface area contributed by atoms with Gasteiger partial charge in [0.1, 0.15) is 30.8 Å². The number of methoxy groups -OCH3 is 4. The van der Waals surface area contributed by atoms with Crippen LogP contribution in [-0.4, -0.2) is 166 Å². The molecule has 17 aromatic rings. The zero-order valence-electron chi connectivity index (χ0n) is 77.5. The van der Waals surface area contributed by atoms with Crippen LogP contribution in [-0.2, 0) is 36.8 Å². The van der Waals surface area contributed by atoms with Gasteiger partial charge in [0.25, 0.3) is 0 Å². The fourth-order valence-electron chi connectivity index (χ4n) is 20.7. The summed E-state index contributed by atoms with van der Waals surface area (Å²) in [4.78, 5) is 72.3. The van der Waals surface area contributed by atoms with E-state index in [0.29, 0.717) is 36.4 Å². The Hall–Kier alpha value is -13.5. The number of ether oxygens (including phenoxy) is 7. The van der Waals surface area contributed by atoms with E-state index in [-0.39, 0.29) is 49.6 Å². The minimum absolute atomic E-state index is 0.0169. The highest BCUT2D eigenvalue weighted by Crippen LogP contribution is 2.49. The fourth-order valence-corrected chi connectivity index (χ4v) is 21.7. The predicted octanol–water partition coefficient (Wildman–Crippen LogP) is 24.4. The number of nitrogens with zero attached hydrogens (tertiary/aromatic N) is 9. The summed E-state index contributed by atoms with van der Waals surface area (Å²) in [6, 6.07) is 70.3. The summed E-state index contributed by atoms with van der Waals surface area (Å²) < 4.78 is 51.4. The van der Waals surface area contributed by atoms with Crippen molar-refractivity contribution in [3.05, 3.63) is 351 Å². The monoisotopic (exact) mass is 2000 g/mol. The first-order valence-corrected chi connectivity index (χ1v) is 49.0. The van der Waals surface area contributed by atoms with Crippen LogP contribution in [0.4, 0.5) is 25.9 Å². The summed E-state index contributed by atoms with van der Waals surface area (Å²) in [5, 5.41) is 12.4. The van der Waals surface area contributed by atoms with E-state index in [4.69, 9.17) is 79.6 Å². The Bertz CT molecular complexity index is 7350. The number of anilines is 2. The highest BCUT2D eigenvalue weighted by Gasteiger charge is 2.41. The van der Waals surface area contributed by atoms with Crippen molar-refractivity contribution in [1.29, 1.82) is 0 Å². The maximum absolute atomic E-state index is 13.4. The van der Waals surface area contributed by atoms with E-state index in [1.165, 1.54) is 60.9 Å². The molecule has 0 saturated carbocycles. The minimum Gasteiger partial charge on any atom is -0.497 e. The predicted molar refractivity (Wildman–Crippen MR) is 549 cm³/mol. The van der Waals surface area contributed by atoms with Crippen LogP contribution in [0, 0.1) is 0 Å². The van der Waals surface area contributed by atoms with Crippen LogP contribution < -0.4 is 43.5 Å². The molecule has 1 fully saturated rings. The SMILES string of the molecule is CC(C)c1ccc(C2c3[nH]c4ccc(Cl)cc4c3CCN2C(=O)OCCF)cc1.COc1ccc(C2NCCc3c2[nH]c2ccc(Cl)cc32)cc1OC.COc1ccc(C2c3[nH]c4ccc(Br)cc4c3CCN2c2ncccn2)cc1.COc1ccc(C2c3[nH]c4ccc(Cl)cc4c3CCN2C(=O)N2CCCC2)cc1.Clc1ccc2[nH]c3c(c2c1)CCN(c1ncccn1)C3c1ccc2c(c1)OCO2. The van der Waals surface area contributed by atoms with Gasteiger partial charge in [0.15, 0.2) is 23.0 Å². The average molecular weight is 2010 g/mol. The molecule has 14 heterocycles. The highest BCUT2D eigenvalue weighted by atomic mass is 79.9. The summed E-state index contributed by atoms with van der Waals surface area (Å²) in [7, 11) is 6.66. The third-order valence-corrected chi connectivity index (χ3v) is 28.7. The molecule has 710 valence electrons. The molecule has 0 spiro atoms. The molecule has 10 aromatic carbocycles. The molecule has 6 N–H and O–H groups in total. The zero-order chi connectivity index (χ0) is 95.6. The second-order valence-electron chi connectivity index (χ2n) is 35.5. The molecule has 7 aliphatic heterocycles. The number of amides is 3. The van der Waals surface area contributed by atoms with Crippen molar-refractivity contribution in [3.63, 3.8) is 0 Å². The summed E-state index contributed by atoms with van der Waals surface area (Å²) >= 11 is 28.6. The number of rotatable bonds is 14. The molecule has 0 bridgehead atoms. The summed E-state index contributed by atoms with van der Waals surface area (Å²) in [6.07, 6.45) is 13.1. The number of likely N-dealkylation sites (tertiary alicyclic amines) is 1. The lowest BCUT2D eigenvalue weighted by molar-refractivity contribution is 0.0837. The second-order valence-corrected chi connectivity index (χ2v) is 38.2. The van der Waals surface area contributed by atoms with E-state index in [0.717, 1.165) is 214 Å².